The van der Waals surface area contributed by atoms with E-state index in [-0.39, 0.29) is 0 Å². The Morgan fingerprint density at radius 3 is 2.75 bits per heavy atom. The Bertz CT molecular complexity index is 694. The van der Waals surface area contributed by atoms with Crippen LogP contribution in [-0.4, -0.2) is 23.2 Å². The number of fused-ring (bicyclic) bond motifs is 1. The fourth-order valence-electron chi connectivity index (χ4n) is 1.93. The summed E-state index contributed by atoms with van der Waals surface area (Å²) in [5, 5.41) is 12.0. The lowest BCUT2D eigenvalue weighted by atomic mass is 10.2. The van der Waals surface area contributed by atoms with E-state index in [1.807, 2.05) is 31.2 Å². The summed E-state index contributed by atoms with van der Waals surface area (Å²) in [4.78, 5) is 8.35. The number of rotatable bonds is 2. The molecule has 0 radical (unpaired) electrons. The van der Waals surface area contributed by atoms with E-state index in [0.29, 0.717) is 30.6 Å². The largest absolute Gasteiger partial charge is 0.486 e. The minimum atomic E-state index is 0.331. The van der Waals surface area contributed by atoms with Gasteiger partial charge in [-0.25, -0.2) is 9.97 Å². The van der Waals surface area contributed by atoms with Gasteiger partial charge in [-0.1, -0.05) is 0 Å². The number of aryl methyl sites for hydroxylation is 1. The first-order chi connectivity index (χ1) is 9.74. The predicted molar refractivity (Wildman–Crippen MR) is 72.2 cm³/mol. The zero-order valence-electron chi connectivity index (χ0n) is 10.9. The molecule has 100 valence electrons. The average molecular weight is 268 g/mol. The molecule has 20 heavy (non-hydrogen) atoms. The van der Waals surface area contributed by atoms with Crippen molar-refractivity contribution in [3.05, 3.63) is 35.7 Å². The molecule has 0 amide bonds. The minimum absolute atomic E-state index is 0.331. The molecule has 0 fully saturated rings. The topological polar surface area (TPSA) is 80.1 Å². The molecule has 1 aromatic heterocycles. The minimum Gasteiger partial charge on any atom is -0.486 e. The maximum absolute atomic E-state index is 8.91. The van der Waals surface area contributed by atoms with Crippen LogP contribution >= 0.6 is 0 Å². The van der Waals surface area contributed by atoms with E-state index in [2.05, 4.69) is 15.3 Å². The number of nitriles is 1. The number of hydrogen-bond acceptors (Lipinski definition) is 6. The zero-order valence-corrected chi connectivity index (χ0v) is 10.9. The lowest BCUT2D eigenvalue weighted by molar-refractivity contribution is 0.171. The summed E-state index contributed by atoms with van der Waals surface area (Å²) < 4.78 is 11.0. The maximum Gasteiger partial charge on any atom is 0.228 e. The van der Waals surface area contributed by atoms with Crippen LogP contribution in [0, 0.1) is 18.3 Å². The summed E-state index contributed by atoms with van der Waals surface area (Å²) in [6.07, 6.45) is 0. The molecule has 0 saturated heterocycles. The van der Waals surface area contributed by atoms with Gasteiger partial charge < -0.3 is 14.8 Å². The van der Waals surface area contributed by atoms with Gasteiger partial charge in [0.05, 0.1) is 0 Å². The monoisotopic (exact) mass is 268 g/mol. The predicted octanol–water partition coefficient (Wildman–Crippen LogP) is 2.17. The molecule has 0 unspecified atom stereocenters. The second kappa shape index (κ2) is 5.05. The van der Waals surface area contributed by atoms with Crippen LogP contribution in [0.4, 0.5) is 11.6 Å². The van der Waals surface area contributed by atoms with Crippen molar-refractivity contribution in [2.24, 2.45) is 0 Å². The standard InChI is InChI=1S/C14H12N4O2/c1-9-6-11(8-15)18-14(16-9)17-10-2-3-12-13(7-10)20-5-4-19-12/h2-3,6-7H,4-5H2,1H3,(H,16,17,18). The molecule has 6 heteroatoms. The van der Waals surface area contributed by atoms with Crippen molar-refractivity contribution in [3.63, 3.8) is 0 Å². The summed E-state index contributed by atoms with van der Waals surface area (Å²) in [5.41, 5.74) is 1.85. The highest BCUT2D eigenvalue weighted by molar-refractivity contribution is 5.60. The SMILES string of the molecule is Cc1cc(C#N)nc(Nc2ccc3c(c2)OCCO3)n1. The highest BCUT2D eigenvalue weighted by atomic mass is 16.6. The molecule has 1 aromatic carbocycles. The second-order valence-corrected chi connectivity index (χ2v) is 4.31. The van der Waals surface area contributed by atoms with Crippen LogP contribution in [-0.2, 0) is 0 Å². The van der Waals surface area contributed by atoms with Gasteiger partial charge in [0.25, 0.3) is 0 Å². The Hall–Kier alpha value is -2.81. The van der Waals surface area contributed by atoms with Crippen molar-refractivity contribution in [1.82, 2.24) is 9.97 Å². The van der Waals surface area contributed by atoms with Gasteiger partial charge in [-0.3, -0.25) is 0 Å². The van der Waals surface area contributed by atoms with Crippen molar-refractivity contribution >= 4 is 11.6 Å². The van der Waals surface area contributed by atoms with Gasteiger partial charge in [0.2, 0.25) is 5.95 Å². The Morgan fingerprint density at radius 2 is 1.95 bits per heavy atom. The van der Waals surface area contributed by atoms with Crippen LogP contribution in [0.5, 0.6) is 11.5 Å². The number of benzene rings is 1. The first-order valence-electron chi connectivity index (χ1n) is 6.17. The van der Waals surface area contributed by atoms with Crippen LogP contribution in [0.25, 0.3) is 0 Å². The average Bonchev–Trinajstić information content (AvgIpc) is 2.46. The fourth-order valence-corrected chi connectivity index (χ4v) is 1.93. The van der Waals surface area contributed by atoms with Crippen LogP contribution in [0.2, 0.25) is 0 Å². The van der Waals surface area contributed by atoms with Crippen LogP contribution in [0.1, 0.15) is 11.4 Å². The molecule has 1 aliphatic rings. The first-order valence-corrected chi connectivity index (χ1v) is 6.17. The molecule has 0 saturated carbocycles. The molecule has 0 atom stereocenters. The van der Waals surface area contributed by atoms with Gasteiger partial charge in [0, 0.05) is 17.4 Å². The molecule has 2 heterocycles. The van der Waals surface area contributed by atoms with Gasteiger partial charge in [-0.05, 0) is 25.1 Å². The molecule has 0 bridgehead atoms. The molecule has 1 N–H and O–H groups in total. The first kappa shape index (κ1) is 12.2. The number of ether oxygens (including phenoxy) is 2. The van der Waals surface area contributed by atoms with E-state index < -0.39 is 0 Å². The molecular formula is C14H12N4O2. The van der Waals surface area contributed by atoms with E-state index in [1.165, 1.54) is 0 Å². The smallest absolute Gasteiger partial charge is 0.228 e. The van der Waals surface area contributed by atoms with E-state index in [1.54, 1.807) is 6.07 Å². The third kappa shape index (κ3) is 2.47. The van der Waals surface area contributed by atoms with Crippen molar-refractivity contribution < 1.29 is 9.47 Å². The third-order valence-corrected chi connectivity index (χ3v) is 2.77. The summed E-state index contributed by atoms with van der Waals surface area (Å²) in [6.45, 7) is 2.92. The second-order valence-electron chi connectivity index (χ2n) is 4.31. The number of hydrogen-bond donors (Lipinski definition) is 1. The summed E-state index contributed by atoms with van der Waals surface area (Å²) in [5.74, 6) is 1.80. The van der Waals surface area contributed by atoms with E-state index >= 15 is 0 Å². The van der Waals surface area contributed by atoms with Gasteiger partial charge in [-0.15, -0.1) is 0 Å². The number of anilines is 2. The van der Waals surface area contributed by atoms with Gasteiger partial charge in [0.15, 0.2) is 11.5 Å². The van der Waals surface area contributed by atoms with Crippen molar-refractivity contribution in [2.75, 3.05) is 18.5 Å². The highest BCUT2D eigenvalue weighted by Crippen LogP contribution is 2.33. The van der Waals surface area contributed by atoms with Crippen molar-refractivity contribution in [1.29, 1.82) is 5.26 Å². The maximum atomic E-state index is 8.91. The Morgan fingerprint density at radius 1 is 1.15 bits per heavy atom. The highest BCUT2D eigenvalue weighted by Gasteiger charge is 2.12. The van der Waals surface area contributed by atoms with Crippen molar-refractivity contribution in [2.45, 2.75) is 6.92 Å². The number of nitrogens with zero attached hydrogens (tertiary/aromatic N) is 3. The Kier molecular flexibility index (Phi) is 3.09. The molecule has 3 rings (SSSR count). The van der Waals surface area contributed by atoms with Gasteiger partial charge in [-0.2, -0.15) is 5.26 Å². The van der Waals surface area contributed by atoms with Crippen LogP contribution < -0.4 is 14.8 Å². The summed E-state index contributed by atoms with van der Waals surface area (Å²) in [6, 6.07) is 9.15. The van der Waals surface area contributed by atoms with E-state index in [4.69, 9.17) is 14.7 Å². The molecule has 1 aliphatic heterocycles. The normalized spacial score (nSPS) is 12.6. The number of nitrogens with one attached hydrogen (secondary N) is 1. The van der Waals surface area contributed by atoms with Crippen LogP contribution in [0.3, 0.4) is 0 Å². The Balaban J connectivity index is 1.88. The third-order valence-electron chi connectivity index (χ3n) is 2.77. The Labute approximate surface area is 116 Å². The lowest BCUT2D eigenvalue weighted by Gasteiger charge is -2.19. The lowest BCUT2D eigenvalue weighted by Crippen LogP contribution is -2.15. The van der Waals surface area contributed by atoms with Crippen molar-refractivity contribution in [3.8, 4) is 17.6 Å². The summed E-state index contributed by atoms with van der Waals surface area (Å²) in [7, 11) is 0. The molecule has 0 aliphatic carbocycles. The molecule has 6 nitrogen and oxygen atoms in total. The van der Waals surface area contributed by atoms with E-state index in [9.17, 15) is 0 Å². The zero-order chi connectivity index (χ0) is 13.9. The summed E-state index contributed by atoms with van der Waals surface area (Å²) >= 11 is 0. The van der Waals surface area contributed by atoms with Gasteiger partial charge >= 0.3 is 0 Å². The number of aromatic nitrogens is 2. The molecule has 0 spiro atoms. The fraction of sp³-hybridized carbons (Fsp3) is 0.214. The molecular weight excluding hydrogens is 256 g/mol. The van der Waals surface area contributed by atoms with E-state index in [0.717, 1.165) is 17.1 Å². The molecule has 2 aromatic rings. The van der Waals surface area contributed by atoms with Gasteiger partial charge in [0.1, 0.15) is 25.0 Å². The quantitative estimate of drug-likeness (QED) is 0.899. The van der Waals surface area contributed by atoms with Crippen LogP contribution in [0.15, 0.2) is 24.3 Å².